The summed E-state index contributed by atoms with van der Waals surface area (Å²) in [5, 5.41) is 11.1. The molecule has 2 aliphatic rings. The Balaban J connectivity index is 1.81. The Morgan fingerprint density at radius 2 is 2.17 bits per heavy atom. The number of Topliss-reactive ketones (excluding diaryl/α,β-unsaturated/α-hetero) is 1. The van der Waals surface area contributed by atoms with Crippen LogP contribution in [-0.2, 0) is 15.0 Å². The molecule has 3 rings (SSSR count). The number of aliphatic hydroxyl groups excluding tert-OH is 1. The van der Waals surface area contributed by atoms with Crippen LogP contribution in [0.15, 0.2) is 18.2 Å². The van der Waals surface area contributed by atoms with Crippen LogP contribution >= 0.6 is 0 Å². The summed E-state index contributed by atoms with van der Waals surface area (Å²) in [5.41, 5.74) is 3.26. The lowest BCUT2D eigenvalue weighted by Crippen LogP contribution is -2.46. The zero-order chi connectivity index (χ0) is 16.6. The minimum absolute atomic E-state index is 0.0981. The van der Waals surface area contributed by atoms with Gasteiger partial charge in [0, 0.05) is 18.2 Å². The van der Waals surface area contributed by atoms with E-state index >= 15 is 0 Å². The fraction of sp³-hybridized carbons (Fsp3) is 0.556. The minimum Gasteiger partial charge on any atom is -0.377 e. The summed E-state index contributed by atoms with van der Waals surface area (Å²) >= 11 is 0. The normalized spacial score (nSPS) is 19.4. The van der Waals surface area contributed by atoms with Gasteiger partial charge in [-0.05, 0) is 44.7 Å². The number of nitrogens with one attached hydrogen (secondary N) is 1. The number of benzene rings is 1. The fourth-order valence-corrected chi connectivity index (χ4v) is 3.56. The van der Waals surface area contributed by atoms with Crippen molar-refractivity contribution in [1.82, 2.24) is 5.32 Å². The van der Waals surface area contributed by atoms with Gasteiger partial charge in [-0.15, -0.1) is 0 Å². The zero-order valence-corrected chi connectivity index (χ0v) is 13.8. The first kappa shape index (κ1) is 16.0. The number of carbonyl (C=O) groups excluding carboxylic acids is 2. The van der Waals surface area contributed by atoms with E-state index < -0.39 is 0 Å². The highest BCUT2D eigenvalue weighted by Crippen LogP contribution is 2.55. The van der Waals surface area contributed by atoms with Gasteiger partial charge >= 0.3 is 0 Å². The molecule has 0 aromatic heterocycles. The summed E-state index contributed by atoms with van der Waals surface area (Å²) in [6.45, 7) is 4.20. The number of hydrogen-bond donors (Lipinski definition) is 2. The topological polar surface area (TPSA) is 69.6 Å². The van der Waals surface area contributed by atoms with E-state index in [2.05, 4.69) is 35.3 Å². The van der Waals surface area contributed by atoms with Crippen molar-refractivity contribution in [1.29, 1.82) is 0 Å². The molecule has 124 valence electrons. The third kappa shape index (κ3) is 2.85. The molecule has 0 bridgehead atoms. The van der Waals surface area contributed by atoms with Crippen molar-refractivity contribution in [3.63, 3.8) is 0 Å². The quantitative estimate of drug-likeness (QED) is 0.811. The molecule has 1 fully saturated rings. The second kappa shape index (κ2) is 5.96. The molecule has 23 heavy (non-hydrogen) atoms. The Hall–Kier alpha value is -1.88. The van der Waals surface area contributed by atoms with E-state index in [1.807, 2.05) is 6.92 Å². The van der Waals surface area contributed by atoms with Crippen LogP contribution in [0.5, 0.6) is 0 Å². The fourth-order valence-electron chi connectivity index (χ4n) is 3.56. The molecule has 1 saturated carbocycles. The van der Waals surface area contributed by atoms with Gasteiger partial charge in [0.05, 0.1) is 12.0 Å². The molecular weight excluding hydrogens is 292 g/mol. The molecular formula is C18H24N2O3. The first-order chi connectivity index (χ1) is 11.0. The third-order valence-corrected chi connectivity index (χ3v) is 5.17. The lowest BCUT2D eigenvalue weighted by molar-refractivity contribution is -0.122. The van der Waals surface area contributed by atoms with Gasteiger partial charge < -0.3 is 15.3 Å². The molecule has 5 heteroatoms. The molecule has 5 nitrogen and oxygen atoms in total. The second-order valence-electron chi connectivity index (χ2n) is 6.80. The van der Waals surface area contributed by atoms with Crippen molar-refractivity contribution >= 4 is 17.4 Å². The first-order valence-corrected chi connectivity index (χ1v) is 8.26. The number of fused-ring (bicyclic) bond motifs is 2. The van der Waals surface area contributed by atoms with Gasteiger partial charge in [0.2, 0.25) is 5.91 Å². The van der Waals surface area contributed by atoms with Crippen LogP contribution in [0.4, 0.5) is 5.69 Å². The van der Waals surface area contributed by atoms with Gasteiger partial charge in [-0.2, -0.15) is 0 Å². The summed E-state index contributed by atoms with van der Waals surface area (Å²) in [5.74, 6) is 0.146. The molecule has 0 radical (unpaired) electrons. The molecule has 1 heterocycles. The van der Waals surface area contributed by atoms with Gasteiger partial charge in [-0.25, -0.2) is 0 Å². The predicted octanol–water partition coefficient (Wildman–Crippen LogP) is 1.65. The molecule has 2 N–H and O–H groups in total. The Morgan fingerprint density at radius 3 is 2.83 bits per heavy atom. The van der Waals surface area contributed by atoms with Crippen LogP contribution in [0.2, 0.25) is 0 Å². The lowest BCUT2D eigenvalue weighted by atomic mass is 9.84. The number of aryl methyl sites for hydroxylation is 1. The summed E-state index contributed by atoms with van der Waals surface area (Å²) in [6, 6.07) is 6.45. The SMILES string of the molecule is Cc1ccc2c(c1)C1(CC1)C(=O)CN2C(C)CCC(=O)NCO. The molecule has 1 spiro atoms. The van der Waals surface area contributed by atoms with Crippen molar-refractivity contribution in [3.8, 4) is 0 Å². The zero-order valence-electron chi connectivity index (χ0n) is 13.8. The molecule has 1 aromatic carbocycles. The van der Waals surface area contributed by atoms with Crippen molar-refractivity contribution in [2.45, 2.75) is 51.0 Å². The van der Waals surface area contributed by atoms with Gasteiger partial charge in [0.1, 0.15) is 6.73 Å². The Kier molecular flexibility index (Phi) is 4.15. The molecule has 1 aliphatic heterocycles. The van der Waals surface area contributed by atoms with E-state index in [-0.39, 0.29) is 24.1 Å². The summed E-state index contributed by atoms with van der Waals surface area (Å²) in [6.07, 6.45) is 2.92. The predicted molar refractivity (Wildman–Crippen MR) is 88.4 cm³/mol. The van der Waals surface area contributed by atoms with Crippen LogP contribution in [0.1, 0.15) is 43.7 Å². The summed E-state index contributed by atoms with van der Waals surface area (Å²) < 4.78 is 0. The van der Waals surface area contributed by atoms with Gasteiger partial charge in [0.15, 0.2) is 5.78 Å². The number of aliphatic hydroxyl groups is 1. The van der Waals surface area contributed by atoms with Crippen molar-refractivity contribution < 1.29 is 14.7 Å². The number of anilines is 1. The van der Waals surface area contributed by atoms with Crippen LogP contribution in [-0.4, -0.2) is 36.1 Å². The summed E-state index contributed by atoms with van der Waals surface area (Å²) in [4.78, 5) is 26.3. The highest BCUT2D eigenvalue weighted by atomic mass is 16.3. The largest absolute Gasteiger partial charge is 0.377 e. The molecule has 1 aliphatic carbocycles. The van der Waals surface area contributed by atoms with Crippen molar-refractivity contribution in [2.24, 2.45) is 0 Å². The van der Waals surface area contributed by atoms with Crippen LogP contribution in [0.25, 0.3) is 0 Å². The number of nitrogens with zero attached hydrogens (tertiary/aromatic N) is 1. The van der Waals surface area contributed by atoms with Gasteiger partial charge in [0.25, 0.3) is 0 Å². The van der Waals surface area contributed by atoms with Crippen LogP contribution < -0.4 is 10.2 Å². The number of ketones is 1. The average molecular weight is 316 g/mol. The smallest absolute Gasteiger partial charge is 0.221 e. The van der Waals surface area contributed by atoms with E-state index in [0.717, 1.165) is 18.5 Å². The van der Waals surface area contributed by atoms with E-state index in [1.54, 1.807) is 0 Å². The highest BCUT2D eigenvalue weighted by Gasteiger charge is 2.55. The maximum absolute atomic E-state index is 12.7. The molecule has 1 unspecified atom stereocenters. The Morgan fingerprint density at radius 1 is 1.43 bits per heavy atom. The number of hydrogen-bond acceptors (Lipinski definition) is 4. The van der Waals surface area contributed by atoms with Gasteiger partial charge in [-0.1, -0.05) is 17.7 Å². The van der Waals surface area contributed by atoms with Crippen LogP contribution in [0.3, 0.4) is 0 Å². The number of carbonyl (C=O) groups is 2. The standard InChI is InChI=1S/C18H24N2O3/c1-12-3-5-15-14(9-12)18(7-8-18)16(22)10-20(15)13(2)4-6-17(23)19-11-21/h3,5,9,13,21H,4,6-8,10-11H2,1-2H3,(H,19,23). The number of amides is 1. The van der Waals surface area contributed by atoms with Crippen LogP contribution in [0, 0.1) is 6.92 Å². The van der Waals surface area contributed by atoms with E-state index in [9.17, 15) is 9.59 Å². The van der Waals surface area contributed by atoms with E-state index in [0.29, 0.717) is 25.2 Å². The average Bonchev–Trinajstić information content (AvgIpc) is 3.31. The monoisotopic (exact) mass is 316 g/mol. The first-order valence-electron chi connectivity index (χ1n) is 8.26. The maximum Gasteiger partial charge on any atom is 0.221 e. The molecule has 0 saturated heterocycles. The molecule has 1 amide bonds. The molecule has 1 atom stereocenters. The van der Waals surface area contributed by atoms with Gasteiger partial charge in [-0.3, -0.25) is 9.59 Å². The maximum atomic E-state index is 12.7. The second-order valence-corrected chi connectivity index (χ2v) is 6.80. The van der Waals surface area contributed by atoms with E-state index in [1.165, 1.54) is 11.1 Å². The van der Waals surface area contributed by atoms with E-state index in [4.69, 9.17) is 5.11 Å². The summed E-state index contributed by atoms with van der Waals surface area (Å²) in [7, 11) is 0. The minimum atomic E-state index is -0.333. The van der Waals surface area contributed by atoms with Crippen molar-refractivity contribution in [3.05, 3.63) is 29.3 Å². The molecule has 1 aromatic rings. The number of rotatable bonds is 5. The Labute approximate surface area is 136 Å². The third-order valence-electron chi connectivity index (χ3n) is 5.17. The highest BCUT2D eigenvalue weighted by molar-refractivity contribution is 6.01. The Bertz CT molecular complexity index is 637. The van der Waals surface area contributed by atoms with Crippen molar-refractivity contribution in [2.75, 3.05) is 18.2 Å². The lowest BCUT2D eigenvalue weighted by Gasteiger charge is -2.39.